The zero-order chi connectivity index (χ0) is 17.8. The molecule has 25 heavy (non-hydrogen) atoms. The molecule has 136 valence electrons. The van der Waals surface area contributed by atoms with Crippen LogP contribution in [0.25, 0.3) is 0 Å². The lowest BCUT2D eigenvalue weighted by molar-refractivity contribution is -0.139. The fraction of sp³-hybridized carbons (Fsp3) is 0.579. The molecule has 0 atom stereocenters. The summed E-state index contributed by atoms with van der Waals surface area (Å²) in [6.07, 6.45) is 6.56. The van der Waals surface area contributed by atoms with Crippen LogP contribution in [-0.4, -0.2) is 29.8 Å². The van der Waals surface area contributed by atoms with Crippen LogP contribution in [0.5, 0.6) is 0 Å². The molecule has 4 nitrogen and oxygen atoms in total. The molecule has 0 bridgehead atoms. The third kappa shape index (κ3) is 4.35. The zero-order valence-electron chi connectivity index (χ0n) is 14.3. The second kappa shape index (κ2) is 7.93. The maximum atomic E-state index is 13.6. The molecule has 2 aliphatic rings. The van der Waals surface area contributed by atoms with Gasteiger partial charge in [-0.25, -0.2) is 8.78 Å². The van der Waals surface area contributed by atoms with Gasteiger partial charge in [-0.2, -0.15) is 0 Å². The van der Waals surface area contributed by atoms with Crippen LogP contribution in [0.15, 0.2) is 18.2 Å². The lowest BCUT2D eigenvalue weighted by Gasteiger charge is -2.34. The van der Waals surface area contributed by atoms with Gasteiger partial charge in [0.25, 0.3) is 0 Å². The summed E-state index contributed by atoms with van der Waals surface area (Å²) in [5.74, 6) is -1.60. The van der Waals surface area contributed by atoms with Gasteiger partial charge in [-0.1, -0.05) is 19.3 Å². The molecule has 0 spiro atoms. The molecule has 1 aliphatic heterocycles. The molecule has 1 aromatic rings. The number of halogens is 2. The van der Waals surface area contributed by atoms with Crippen LogP contribution in [0.4, 0.5) is 14.5 Å². The molecule has 1 saturated heterocycles. The summed E-state index contributed by atoms with van der Waals surface area (Å²) < 4.78 is 26.6. The van der Waals surface area contributed by atoms with E-state index in [1.165, 1.54) is 12.5 Å². The molecular weight excluding hydrogens is 326 g/mol. The Morgan fingerprint density at radius 2 is 1.64 bits per heavy atom. The van der Waals surface area contributed by atoms with Crippen LogP contribution in [0.3, 0.4) is 0 Å². The van der Waals surface area contributed by atoms with Gasteiger partial charge in [-0.3, -0.25) is 9.59 Å². The summed E-state index contributed by atoms with van der Waals surface area (Å²) in [6, 6.07) is 3.09. The van der Waals surface area contributed by atoms with E-state index in [-0.39, 0.29) is 29.3 Å². The molecule has 1 N–H and O–H groups in total. The van der Waals surface area contributed by atoms with Gasteiger partial charge in [0.1, 0.15) is 11.6 Å². The first-order valence-corrected chi connectivity index (χ1v) is 9.09. The van der Waals surface area contributed by atoms with E-state index in [2.05, 4.69) is 5.32 Å². The smallest absolute Gasteiger partial charge is 0.227 e. The number of hydrogen-bond acceptors (Lipinski definition) is 2. The minimum absolute atomic E-state index is 0.00730. The molecule has 6 heteroatoms. The van der Waals surface area contributed by atoms with Crippen molar-refractivity contribution in [2.75, 3.05) is 18.4 Å². The van der Waals surface area contributed by atoms with E-state index in [1.54, 1.807) is 0 Å². The Labute approximate surface area is 146 Å². The first-order valence-electron chi connectivity index (χ1n) is 9.09. The van der Waals surface area contributed by atoms with Crippen molar-refractivity contribution in [1.29, 1.82) is 0 Å². The number of amides is 2. The quantitative estimate of drug-likeness (QED) is 0.903. The fourth-order valence-corrected chi connectivity index (χ4v) is 3.80. The van der Waals surface area contributed by atoms with Gasteiger partial charge >= 0.3 is 0 Å². The lowest BCUT2D eigenvalue weighted by atomic mass is 9.87. The van der Waals surface area contributed by atoms with Crippen molar-refractivity contribution >= 4 is 17.5 Å². The summed E-state index contributed by atoms with van der Waals surface area (Å²) in [7, 11) is 0. The van der Waals surface area contributed by atoms with E-state index in [1.807, 2.05) is 4.90 Å². The van der Waals surface area contributed by atoms with E-state index in [0.29, 0.717) is 25.9 Å². The number of hydrogen-bond donors (Lipinski definition) is 1. The number of rotatable bonds is 3. The second-order valence-corrected chi connectivity index (χ2v) is 7.05. The van der Waals surface area contributed by atoms with Crippen molar-refractivity contribution in [3.05, 3.63) is 29.8 Å². The molecule has 1 aromatic carbocycles. The first-order chi connectivity index (χ1) is 12.0. The first kappa shape index (κ1) is 17.8. The highest BCUT2D eigenvalue weighted by atomic mass is 19.1. The Morgan fingerprint density at radius 3 is 2.28 bits per heavy atom. The molecule has 2 amide bonds. The van der Waals surface area contributed by atoms with Crippen LogP contribution >= 0.6 is 0 Å². The number of likely N-dealkylation sites (tertiary alicyclic amines) is 1. The number of benzene rings is 1. The molecule has 3 rings (SSSR count). The third-order valence-corrected chi connectivity index (χ3v) is 5.32. The Morgan fingerprint density at radius 1 is 0.960 bits per heavy atom. The normalized spacial score (nSPS) is 19.7. The van der Waals surface area contributed by atoms with Crippen molar-refractivity contribution in [2.24, 2.45) is 11.8 Å². The van der Waals surface area contributed by atoms with Crippen molar-refractivity contribution in [2.45, 2.75) is 44.9 Å². The molecule has 1 aliphatic carbocycles. The van der Waals surface area contributed by atoms with Gasteiger partial charge in [-0.15, -0.1) is 0 Å². The van der Waals surface area contributed by atoms with Crippen LogP contribution < -0.4 is 5.32 Å². The van der Waals surface area contributed by atoms with E-state index in [9.17, 15) is 18.4 Å². The minimum atomic E-state index is -0.779. The SMILES string of the molecule is O=C(Nc1ccc(F)cc1F)C1CCN(C(=O)C2CCCCC2)CC1. The van der Waals surface area contributed by atoms with E-state index in [0.717, 1.165) is 37.8 Å². The van der Waals surface area contributed by atoms with Gasteiger partial charge in [0, 0.05) is 31.0 Å². The van der Waals surface area contributed by atoms with Gasteiger partial charge in [-0.05, 0) is 37.8 Å². The Kier molecular flexibility index (Phi) is 5.66. The van der Waals surface area contributed by atoms with Crippen molar-refractivity contribution in [3.8, 4) is 0 Å². The molecule has 0 radical (unpaired) electrons. The number of nitrogens with zero attached hydrogens (tertiary/aromatic N) is 1. The predicted molar refractivity (Wildman–Crippen MR) is 90.9 cm³/mol. The number of carbonyl (C=O) groups excluding carboxylic acids is 2. The predicted octanol–water partition coefficient (Wildman–Crippen LogP) is 3.72. The minimum Gasteiger partial charge on any atom is -0.342 e. The Bertz CT molecular complexity index is 636. The van der Waals surface area contributed by atoms with Crippen molar-refractivity contribution in [3.63, 3.8) is 0 Å². The maximum absolute atomic E-state index is 13.6. The highest BCUT2D eigenvalue weighted by molar-refractivity contribution is 5.92. The van der Waals surface area contributed by atoms with Crippen molar-refractivity contribution in [1.82, 2.24) is 4.90 Å². The molecular formula is C19H24F2N2O2. The summed E-state index contributed by atoms with van der Waals surface area (Å²) in [4.78, 5) is 26.7. The van der Waals surface area contributed by atoms with E-state index >= 15 is 0 Å². The van der Waals surface area contributed by atoms with Gasteiger partial charge in [0.15, 0.2) is 0 Å². The topological polar surface area (TPSA) is 49.4 Å². The summed E-state index contributed by atoms with van der Waals surface area (Å²) in [5.41, 5.74) is -0.00730. The standard InChI is InChI=1S/C19H24F2N2O2/c20-15-6-7-17(16(21)12-15)22-18(24)13-8-10-23(11-9-13)19(25)14-4-2-1-3-5-14/h6-7,12-14H,1-5,8-11H2,(H,22,24). The number of nitrogens with one attached hydrogen (secondary N) is 1. The molecule has 0 aromatic heterocycles. The van der Waals surface area contributed by atoms with E-state index < -0.39 is 11.6 Å². The lowest BCUT2D eigenvalue weighted by Crippen LogP contribution is -2.44. The third-order valence-electron chi connectivity index (χ3n) is 5.32. The average molecular weight is 350 g/mol. The molecule has 0 unspecified atom stereocenters. The molecule has 2 fully saturated rings. The highest BCUT2D eigenvalue weighted by Gasteiger charge is 2.31. The molecule has 1 saturated carbocycles. The van der Waals surface area contributed by atoms with E-state index in [4.69, 9.17) is 0 Å². The van der Waals surface area contributed by atoms with Gasteiger partial charge < -0.3 is 10.2 Å². The van der Waals surface area contributed by atoms with Gasteiger partial charge in [0.05, 0.1) is 5.69 Å². The van der Waals surface area contributed by atoms with Crippen molar-refractivity contribution < 1.29 is 18.4 Å². The van der Waals surface area contributed by atoms with Gasteiger partial charge in [0.2, 0.25) is 11.8 Å². The average Bonchev–Trinajstić information content (AvgIpc) is 2.64. The zero-order valence-corrected chi connectivity index (χ0v) is 14.3. The Balaban J connectivity index is 1.51. The van der Waals surface area contributed by atoms with Crippen LogP contribution in [0.2, 0.25) is 0 Å². The number of piperidine rings is 1. The Hall–Kier alpha value is -1.98. The highest BCUT2D eigenvalue weighted by Crippen LogP contribution is 2.28. The van der Waals surface area contributed by atoms with Crippen LogP contribution in [-0.2, 0) is 9.59 Å². The number of carbonyl (C=O) groups is 2. The van der Waals surface area contributed by atoms with Crippen LogP contribution in [0, 0.1) is 23.5 Å². The second-order valence-electron chi connectivity index (χ2n) is 7.05. The molecule has 1 heterocycles. The summed E-state index contributed by atoms with van der Waals surface area (Å²) in [6.45, 7) is 1.14. The van der Waals surface area contributed by atoms with Crippen LogP contribution in [0.1, 0.15) is 44.9 Å². The monoisotopic (exact) mass is 350 g/mol. The fourth-order valence-electron chi connectivity index (χ4n) is 3.80. The summed E-state index contributed by atoms with van der Waals surface area (Å²) in [5, 5.41) is 2.53. The largest absolute Gasteiger partial charge is 0.342 e. The maximum Gasteiger partial charge on any atom is 0.227 e. The summed E-state index contributed by atoms with van der Waals surface area (Å²) >= 11 is 0. The number of anilines is 1.